The van der Waals surface area contributed by atoms with Crippen LogP contribution in [0.1, 0.15) is 27.2 Å². The van der Waals surface area contributed by atoms with Gasteiger partial charge in [0.15, 0.2) is 5.41 Å². The summed E-state index contributed by atoms with van der Waals surface area (Å²) in [5.41, 5.74) is -1.39. The first-order chi connectivity index (χ1) is 5.49. The number of carboxylic acid groups (broad SMARTS) is 1. The van der Waals surface area contributed by atoms with Gasteiger partial charge in [-0.15, -0.1) is 0 Å². The fourth-order valence-electron chi connectivity index (χ4n) is 0.673. The molecule has 1 N–H and O–H groups in total. The van der Waals surface area contributed by atoms with Crippen LogP contribution in [-0.2, 0) is 14.3 Å². The molecule has 0 aromatic carbocycles. The van der Waals surface area contributed by atoms with Gasteiger partial charge in [0, 0.05) is 0 Å². The molecule has 0 saturated heterocycles. The quantitative estimate of drug-likeness (QED) is 0.511. The lowest BCUT2D eigenvalue weighted by atomic mass is 9.88. The predicted octanol–water partition coefficient (Wildman–Crippen LogP) is 1.05. The van der Waals surface area contributed by atoms with E-state index in [1.807, 2.05) is 0 Å². The van der Waals surface area contributed by atoms with Crippen molar-refractivity contribution in [3.05, 3.63) is 0 Å². The minimum atomic E-state index is -1.39. The second kappa shape index (κ2) is 4.09. The van der Waals surface area contributed by atoms with Crippen molar-refractivity contribution in [3.63, 3.8) is 0 Å². The molecule has 0 fully saturated rings. The molecule has 0 spiro atoms. The summed E-state index contributed by atoms with van der Waals surface area (Å²) in [6.07, 6.45) is 0.237. The van der Waals surface area contributed by atoms with Crippen molar-refractivity contribution in [2.45, 2.75) is 27.2 Å². The van der Waals surface area contributed by atoms with Crippen LogP contribution in [0.15, 0.2) is 0 Å². The van der Waals surface area contributed by atoms with E-state index in [1.54, 1.807) is 13.8 Å². The van der Waals surface area contributed by atoms with Gasteiger partial charge < -0.3 is 9.84 Å². The smallest absolute Gasteiger partial charge is 0.323 e. The maximum absolute atomic E-state index is 11.1. The van der Waals surface area contributed by atoms with Crippen LogP contribution in [0.25, 0.3) is 0 Å². The monoisotopic (exact) mass is 174 g/mol. The molecule has 0 heterocycles. The molecule has 4 nitrogen and oxygen atoms in total. The Balaban J connectivity index is 4.52. The number of carbonyl (C=O) groups is 2. The Bertz CT molecular complexity index is 187. The third-order valence-electron chi connectivity index (χ3n) is 1.91. The zero-order valence-electron chi connectivity index (χ0n) is 7.59. The third-order valence-corrected chi connectivity index (χ3v) is 1.91. The molecule has 0 aromatic heterocycles. The minimum Gasteiger partial charge on any atom is -0.480 e. The molecule has 0 saturated carbocycles. The van der Waals surface area contributed by atoms with E-state index in [0.29, 0.717) is 0 Å². The normalized spacial score (nSPS) is 14.9. The van der Waals surface area contributed by atoms with Crippen molar-refractivity contribution < 1.29 is 19.4 Å². The average Bonchev–Trinajstić information content (AvgIpc) is 2.03. The molecule has 0 aromatic rings. The number of rotatable bonds is 4. The molecule has 0 rings (SSSR count). The van der Waals surface area contributed by atoms with Crippen molar-refractivity contribution in [1.82, 2.24) is 0 Å². The fourth-order valence-corrected chi connectivity index (χ4v) is 0.673. The van der Waals surface area contributed by atoms with E-state index < -0.39 is 17.4 Å². The molecule has 0 amide bonds. The summed E-state index contributed by atoms with van der Waals surface area (Å²) in [6.45, 7) is 4.87. The van der Waals surface area contributed by atoms with Gasteiger partial charge in [-0.1, -0.05) is 6.92 Å². The summed E-state index contributed by atoms with van der Waals surface area (Å²) >= 11 is 0. The minimum absolute atomic E-state index is 0.210. The largest absolute Gasteiger partial charge is 0.480 e. The van der Waals surface area contributed by atoms with E-state index in [9.17, 15) is 9.59 Å². The van der Waals surface area contributed by atoms with Crippen molar-refractivity contribution in [1.29, 1.82) is 0 Å². The van der Waals surface area contributed by atoms with E-state index >= 15 is 0 Å². The molecular weight excluding hydrogens is 160 g/mol. The van der Waals surface area contributed by atoms with Gasteiger partial charge in [-0.05, 0) is 20.3 Å². The number of hydrogen-bond acceptors (Lipinski definition) is 3. The number of hydrogen-bond donors (Lipinski definition) is 1. The second-order valence-corrected chi connectivity index (χ2v) is 2.71. The molecule has 1 atom stereocenters. The van der Waals surface area contributed by atoms with Crippen LogP contribution in [0.4, 0.5) is 0 Å². The first-order valence-electron chi connectivity index (χ1n) is 3.89. The molecule has 0 aliphatic heterocycles. The predicted molar refractivity (Wildman–Crippen MR) is 42.7 cm³/mol. The van der Waals surface area contributed by atoms with Gasteiger partial charge >= 0.3 is 11.9 Å². The lowest BCUT2D eigenvalue weighted by Gasteiger charge is -2.19. The van der Waals surface area contributed by atoms with E-state index in [4.69, 9.17) is 5.11 Å². The first-order valence-corrected chi connectivity index (χ1v) is 3.89. The lowest BCUT2D eigenvalue weighted by molar-refractivity contribution is -0.167. The molecule has 4 heteroatoms. The van der Waals surface area contributed by atoms with Crippen molar-refractivity contribution in [3.8, 4) is 0 Å². The average molecular weight is 174 g/mol. The maximum atomic E-state index is 11.1. The van der Waals surface area contributed by atoms with Gasteiger partial charge in [0.25, 0.3) is 0 Å². The molecule has 0 bridgehead atoms. The topological polar surface area (TPSA) is 63.6 Å². The molecule has 12 heavy (non-hydrogen) atoms. The van der Waals surface area contributed by atoms with Crippen LogP contribution in [0, 0.1) is 5.41 Å². The summed E-state index contributed by atoms with van der Waals surface area (Å²) in [6, 6.07) is 0. The molecule has 0 aliphatic rings. The zero-order valence-corrected chi connectivity index (χ0v) is 7.59. The van der Waals surface area contributed by atoms with Crippen LogP contribution in [-0.4, -0.2) is 23.7 Å². The standard InChI is InChI=1S/C8H14O4/c1-4-8(3,6(9)10)7(11)12-5-2/h4-5H2,1-3H3,(H,9,10)/t8-/m0/s1. The van der Waals surface area contributed by atoms with Gasteiger partial charge in [-0.25, -0.2) is 0 Å². The summed E-state index contributed by atoms with van der Waals surface area (Å²) in [4.78, 5) is 21.8. The summed E-state index contributed by atoms with van der Waals surface area (Å²) in [5, 5.41) is 8.73. The number of ether oxygens (including phenoxy) is 1. The molecular formula is C8H14O4. The van der Waals surface area contributed by atoms with Gasteiger partial charge in [0.2, 0.25) is 0 Å². The fraction of sp³-hybridized carbons (Fsp3) is 0.750. The number of carbonyl (C=O) groups excluding carboxylic acids is 1. The second-order valence-electron chi connectivity index (χ2n) is 2.71. The van der Waals surface area contributed by atoms with Gasteiger partial charge in [0.05, 0.1) is 6.61 Å². The Kier molecular flexibility index (Phi) is 3.73. The third kappa shape index (κ3) is 1.96. The van der Waals surface area contributed by atoms with Gasteiger partial charge in [-0.3, -0.25) is 9.59 Å². The molecule has 70 valence electrons. The Morgan fingerprint density at radius 3 is 2.17 bits per heavy atom. The Hall–Kier alpha value is -1.06. The first kappa shape index (κ1) is 10.9. The summed E-state index contributed by atoms with van der Waals surface area (Å²) in [7, 11) is 0. The van der Waals surface area contributed by atoms with Crippen LogP contribution in [0.5, 0.6) is 0 Å². The van der Waals surface area contributed by atoms with Gasteiger partial charge in [0.1, 0.15) is 0 Å². The van der Waals surface area contributed by atoms with Crippen LogP contribution >= 0.6 is 0 Å². The van der Waals surface area contributed by atoms with E-state index in [1.165, 1.54) is 6.92 Å². The van der Waals surface area contributed by atoms with Crippen molar-refractivity contribution in [2.24, 2.45) is 5.41 Å². The van der Waals surface area contributed by atoms with E-state index in [2.05, 4.69) is 4.74 Å². The number of aliphatic carboxylic acids is 1. The van der Waals surface area contributed by atoms with E-state index in [-0.39, 0.29) is 13.0 Å². The van der Waals surface area contributed by atoms with Gasteiger partial charge in [-0.2, -0.15) is 0 Å². The summed E-state index contributed by atoms with van der Waals surface area (Å²) in [5.74, 6) is -1.80. The summed E-state index contributed by atoms with van der Waals surface area (Å²) < 4.78 is 4.64. The number of esters is 1. The zero-order chi connectivity index (χ0) is 9.78. The Morgan fingerprint density at radius 1 is 1.42 bits per heavy atom. The highest BCUT2D eigenvalue weighted by atomic mass is 16.5. The Labute approximate surface area is 71.5 Å². The highest BCUT2D eigenvalue weighted by Crippen LogP contribution is 2.22. The maximum Gasteiger partial charge on any atom is 0.323 e. The molecule has 0 radical (unpaired) electrons. The lowest BCUT2D eigenvalue weighted by Crippen LogP contribution is -2.37. The Morgan fingerprint density at radius 2 is 1.92 bits per heavy atom. The highest BCUT2D eigenvalue weighted by molar-refractivity contribution is 5.98. The van der Waals surface area contributed by atoms with Crippen molar-refractivity contribution in [2.75, 3.05) is 6.61 Å². The van der Waals surface area contributed by atoms with Crippen LogP contribution in [0.2, 0.25) is 0 Å². The number of carboxylic acids is 1. The van der Waals surface area contributed by atoms with Crippen molar-refractivity contribution >= 4 is 11.9 Å². The highest BCUT2D eigenvalue weighted by Gasteiger charge is 2.40. The van der Waals surface area contributed by atoms with E-state index in [0.717, 1.165) is 0 Å². The van der Waals surface area contributed by atoms with Crippen LogP contribution < -0.4 is 0 Å². The molecule has 0 aliphatic carbocycles. The van der Waals surface area contributed by atoms with Crippen LogP contribution in [0.3, 0.4) is 0 Å². The molecule has 0 unspecified atom stereocenters. The SMILES string of the molecule is CCOC(=O)[C@@](C)(CC)C(=O)O.